The Balaban J connectivity index is 3.19. The van der Waals surface area contributed by atoms with Crippen LogP contribution in [0, 0.1) is 25.4 Å². The zero-order valence-corrected chi connectivity index (χ0v) is 6.16. The van der Waals surface area contributed by atoms with E-state index in [1.54, 1.807) is 12.1 Å². The van der Waals surface area contributed by atoms with E-state index in [1.165, 1.54) is 0 Å². The lowest BCUT2D eigenvalue weighted by Gasteiger charge is -2.00. The number of nitrogens with zero attached hydrogens (tertiary/aromatic N) is 2. The van der Waals surface area contributed by atoms with Crippen LogP contribution >= 0.6 is 0 Å². The Morgan fingerprint density at radius 1 is 1.64 bits per heavy atom. The zero-order chi connectivity index (χ0) is 8.27. The van der Waals surface area contributed by atoms with Gasteiger partial charge in [-0.2, -0.15) is 5.26 Å². The predicted molar refractivity (Wildman–Crippen MR) is 39.7 cm³/mol. The fourth-order valence-corrected chi connectivity index (χ4v) is 0.728. The molecule has 0 spiro atoms. The molecule has 3 heteroatoms. The van der Waals surface area contributed by atoms with Crippen LogP contribution in [0.15, 0.2) is 12.1 Å². The standard InChI is InChI=1S/C8H7N2O/c1-6-3-4-7(5-9)8(10-6)11-2/h3-4H,2H2,1H3. The van der Waals surface area contributed by atoms with Crippen LogP contribution in [0.3, 0.4) is 0 Å². The number of aromatic nitrogens is 1. The number of hydrogen-bond donors (Lipinski definition) is 0. The van der Waals surface area contributed by atoms with Gasteiger partial charge in [0.25, 0.3) is 0 Å². The molecule has 0 fully saturated rings. The highest BCUT2D eigenvalue weighted by Crippen LogP contribution is 2.13. The van der Waals surface area contributed by atoms with Crippen molar-refractivity contribution in [3.63, 3.8) is 0 Å². The van der Waals surface area contributed by atoms with E-state index < -0.39 is 0 Å². The molecule has 1 radical (unpaired) electrons. The van der Waals surface area contributed by atoms with Crippen molar-refractivity contribution in [2.75, 3.05) is 0 Å². The molecule has 0 aliphatic heterocycles. The molecule has 1 heterocycles. The number of aryl methyl sites for hydroxylation is 1. The van der Waals surface area contributed by atoms with Crippen molar-refractivity contribution in [1.29, 1.82) is 5.26 Å². The summed E-state index contributed by atoms with van der Waals surface area (Å²) in [6.45, 7) is 1.82. The van der Waals surface area contributed by atoms with Gasteiger partial charge in [-0.1, -0.05) is 0 Å². The van der Waals surface area contributed by atoms with Gasteiger partial charge in [0.05, 0.1) is 0 Å². The molecule has 0 bridgehead atoms. The second-order valence-electron chi connectivity index (χ2n) is 2.06. The first-order valence-electron chi connectivity index (χ1n) is 3.07. The number of rotatable bonds is 1. The quantitative estimate of drug-likeness (QED) is 0.603. The second-order valence-corrected chi connectivity index (χ2v) is 2.06. The maximum absolute atomic E-state index is 8.54. The molecule has 0 saturated carbocycles. The van der Waals surface area contributed by atoms with E-state index in [-0.39, 0.29) is 5.88 Å². The Morgan fingerprint density at radius 3 is 2.91 bits per heavy atom. The van der Waals surface area contributed by atoms with Gasteiger partial charge >= 0.3 is 0 Å². The third kappa shape index (κ3) is 1.47. The highest BCUT2D eigenvalue weighted by atomic mass is 16.5. The summed E-state index contributed by atoms with van der Waals surface area (Å²) in [6, 6.07) is 5.35. The number of nitriles is 1. The molecule has 0 saturated heterocycles. The van der Waals surface area contributed by atoms with Crippen molar-refractivity contribution >= 4 is 0 Å². The number of pyridine rings is 1. The molecule has 0 aliphatic carbocycles. The molecule has 1 aromatic heterocycles. The normalized spacial score (nSPS) is 8.82. The summed E-state index contributed by atoms with van der Waals surface area (Å²) >= 11 is 0. The summed E-state index contributed by atoms with van der Waals surface area (Å²) in [4.78, 5) is 3.96. The molecular weight excluding hydrogens is 140 g/mol. The largest absolute Gasteiger partial charge is 0.473 e. The van der Waals surface area contributed by atoms with E-state index in [4.69, 9.17) is 5.26 Å². The third-order valence-electron chi connectivity index (χ3n) is 1.26. The summed E-state index contributed by atoms with van der Waals surface area (Å²) in [5, 5.41) is 8.54. The van der Waals surface area contributed by atoms with Crippen LogP contribution in [0.5, 0.6) is 5.88 Å². The molecule has 11 heavy (non-hydrogen) atoms. The Morgan fingerprint density at radius 2 is 2.36 bits per heavy atom. The van der Waals surface area contributed by atoms with Crippen molar-refractivity contribution in [2.45, 2.75) is 6.92 Å². The van der Waals surface area contributed by atoms with Gasteiger partial charge in [-0.3, -0.25) is 0 Å². The van der Waals surface area contributed by atoms with Gasteiger partial charge in [0.15, 0.2) is 0 Å². The molecule has 0 aromatic carbocycles. The lowest BCUT2D eigenvalue weighted by Crippen LogP contribution is -1.91. The van der Waals surface area contributed by atoms with Crippen LogP contribution in [0.2, 0.25) is 0 Å². The molecule has 1 aromatic rings. The summed E-state index contributed by atoms with van der Waals surface area (Å²) in [7, 11) is 3.19. The first-order chi connectivity index (χ1) is 5.27. The zero-order valence-electron chi connectivity index (χ0n) is 6.16. The summed E-state index contributed by atoms with van der Waals surface area (Å²) < 4.78 is 4.63. The van der Waals surface area contributed by atoms with E-state index in [2.05, 4.69) is 16.8 Å². The molecule has 3 nitrogen and oxygen atoms in total. The van der Waals surface area contributed by atoms with Crippen molar-refractivity contribution in [3.8, 4) is 11.9 Å². The average Bonchev–Trinajstić information content (AvgIpc) is 2.04. The van der Waals surface area contributed by atoms with Gasteiger partial charge in [0.2, 0.25) is 5.88 Å². The van der Waals surface area contributed by atoms with Crippen LogP contribution in [0.25, 0.3) is 0 Å². The lowest BCUT2D eigenvalue weighted by atomic mass is 10.2. The van der Waals surface area contributed by atoms with E-state index in [9.17, 15) is 0 Å². The Hall–Kier alpha value is -1.56. The predicted octanol–water partition coefficient (Wildman–Crippen LogP) is 1.43. The minimum Gasteiger partial charge on any atom is -0.473 e. The number of hydrogen-bond acceptors (Lipinski definition) is 3. The first kappa shape index (κ1) is 7.55. The molecule has 0 atom stereocenters. The molecule has 0 aliphatic rings. The van der Waals surface area contributed by atoms with Crippen LogP contribution < -0.4 is 4.74 Å². The van der Waals surface area contributed by atoms with E-state index in [1.807, 2.05) is 13.0 Å². The van der Waals surface area contributed by atoms with E-state index >= 15 is 0 Å². The van der Waals surface area contributed by atoms with Gasteiger partial charge in [0.1, 0.15) is 18.7 Å². The summed E-state index contributed by atoms with van der Waals surface area (Å²) in [5.41, 5.74) is 1.22. The second kappa shape index (κ2) is 3.02. The Labute approximate surface area is 65.3 Å². The fourth-order valence-electron chi connectivity index (χ4n) is 0.728. The van der Waals surface area contributed by atoms with Crippen LogP contribution in [0.1, 0.15) is 11.3 Å². The van der Waals surface area contributed by atoms with Crippen LogP contribution in [-0.2, 0) is 0 Å². The monoisotopic (exact) mass is 147 g/mol. The van der Waals surface area contributed by atoms with E-state index in [0.717, 1.165) is 5.69 Å². The maximum atomic E-state index is 8.54. The van der Waals surface area contributed by atoms with E-state index in [0.29, 0.717) is 5.56 Å². The van der Waals surface area contributed by atoms with Gasteiger partial charge in [0, 0.05) is 5.69 Å². The van der Waals surface area contributed by atoms with Crippen LogP contribution in [-0.4, -0.2) is 4.98 Å². The van der Waals surface area contributed by atoms with Crippen LogP contribution in [0.4, 0.5) is 0 Å². The van der Waals surface area contributed by atoms with Crippen molar-refractivity contribution < 1.29 is 4.74 Å². The number of ether oxygens (including phenoxy) is 1. The molecule has 1 rings (SSSR count). The van der Waals surface area contributed by atoms with Crippen molar-refractivity contribution in [3.05, 3.63) is 30.5 Å². The van der Waals surface area contributed by atoms with Gasteiger partial charge < -0.3 is 4.74 Å². The first-order valence-corrected chi connectivity index (χ1v) is 3.07. The van der Waals surface area contributed by atoms with Crippen molar-refractivity contribution in [2.24, 2.45) is 0 Å². The average molecular weight is 147 g/mol. The topological polar surface area (TPSA) is 45.9 Å². The van der Waals surface area contributed by atoms with Gasteiger partial charge in [-0.25, -0.2) is 4.98 Å². The minimum atomic E-state index is 0.285. The minimum absolute atomic E-state index is 0.285. The summed E-state index contributed by atoms with van der Waals surface area (Å²) in [5.74, 6) is 0.285. The highest BCUT2D eigenvalue weighted by Gasteiger charge is 2.01. The fraction of sp³-hybridized carbons (Fsp3) is 0.125. The lowest BCUT2D eigenvalue weighted by molar-refractivity contribution is 0.450. The SMILES string of the molecule is [CH2]Oc1nc(C)ccc1C#N. The molecule has 0 unspecified atom stereocenters. The smallest absolute Gasteiger partial charge is 0.232 e. The molecular formula is C8H7N2O. The highest BCUT2D eigenvalue weighted by molar-refractivity contribution is 5.38. The Kier molecular flexibility index (Phi) is 2.07. The maximum Gasteiger partial charge on any atom is 0.232 e. The third-order valence-corrected chi connectivity index (χ3v) is 1.26. The van der Waals surface area contributed by atoms with Gasteiger partial charge in [-0.05, 0) is 19.1 Å². The molecule has 55 valence electrons. The van der Waals surface area contributed by atoms with Crippen molar-refractivity contribution in [1.82, 2.24) is 4.98 Å². The Bertz CT molecular complexity index is 301. The molecule has 0 amide bonds. The summed E-state index contributed by atoms with van der Waals surface area (Å²) in [6.07, 6.45) is 0. The van der Waals surface area contributed by atoms with Gasteiger partial charge in [-0.15, -0.1) is 0 Å². The molecule has 0 N–H and O–H groups in total.